The van der Waals surface area contributed by atoms with Crippen LogP contribution in [0.4, 0.5) is 4.39 Å². The Balaban J connectivity index is 1.84. The molecule has 1 aliphatic heterocycles. The van der Waals surface area contributed by atoms with Gasteiger partial charge in [-0.05, 0) is 25.6 Å². The Hall–Kier alpha value is -1.20. The van der Waals surface area contributed by atoms with E-state index in [9.17, 15) is 4.39 Å². The maximum Gasteiger partial charge on any atom is 0.137 e. The first kappa shape index (κ1) is 15.2. The van der Waals surface area contributed by atoms with Gasteiger partial charge in [0, 0.05) is 32.2 Å². The van der Waals surface area contributed by atoms with E-state index in [-0.39, 0.29) is 6.61 Å². The van der Waals surface area contributed by atoms with E-state index < -0.39 is 6.67 Å². The molecule has 20 heavy (non-hydrogen) atoms. The Morgan fingerprint density at radius 1 is 1.40 bits per heavy atom. The molecule has 1 aromatic rings. The third kappa shape index (κ3) is 4.15. The fraction of sp³-hybridized carbons (Fsp3) is 0.667. The fourth-order valence-corrected chi connectivity index (χ4v) is 2.66. The second-order valence-corrected chi connectivity index (χ2v) is 5.24. The van der Waals surface area contributed by atoms with Crippen LogP contribution < -0.4 is 4.74 Å². The number of hydrogen-bond acceptors (Lipinski definition) is 4. The number of pyridine rings is 1. The zero-order valence-corrected chi connectivity index (χ0v) is 12.4. The van der Waals surface area contributed by atoms with Crippen molar-refractivity contribution in [3.63, 3.8) is 0 Å². The summed E-state index contributed by atoms with van der Waals surface area (Å²) in [4.78, 5) is 9.32. The van der Waals surface area contributed by atoms with Gasteiger partial charge in [0.25, 0.3) is 0 Å². The largest absolute Gasteiger partial charge is 0.489 e. The lowest BCUT2D eigenvalue weighted by atomic mass is 10.2. The predicted molar refractivity (Wildman–Crippen MR) is 77.7 cm³/mol. The van der Waals surface area contributed by atoms with E-state index in [0.717, 1.165) is 38.4 Å². The van der Waals surface area contributed by atoms with Gasteiger partial charge < -0.3 is 4.74 Å². The molecule has 0 bridgehead atoms. The molecule has 1 atom stereocenters. The maximum atomic E-state index is 12.0. The molecule has 0 amide bonds. The summed E-state index contributed by atoms with van der Waals surface area (Å²) in [6.07, 6.45) is 1.68. The van der Waals surface area contributed by atoms with Crippen LogP contribution in [0.5, 0.6) is 5.75 Å². The highest BCUT2D eigenvalue weighted by molar-refractivity contribution is 5.19. The molecule has 112 valence electrons. The standard InChI is InChI=1S/C15H24FN3O/c1-3-19-8-7-18(11-13(19)2)12-14-4-5-15(10-17-14)20-9-6-16/h4-5,10,13H,3,6-9,11-12H2,1-2H3/t13-/m1/s1. The summed E-state index contributed by atoms with van der Waals surface area (Å²) in [6, 6.07) is 4.43. The monoisotopic (exact) mass is 281 g/mol. The van der Waals surface area contributed by atoms with E-state index in [4.69, 9.17) is 4.74 Å². The summed E-state index contributed by atoms with van der Waals surface area (Å²) in [5.41, 5.74) is 1.04. The molecule has 1 aromatic heterocycles. The smallest absolute Gasteiger partial charge is 0.137 e. The van der Waals surface area contributed by atoms with Crippen LogP contribution in [-0.2, 0) is 6.54 Å². The van der Waals surface area contributed by atoms with Crippen LogP contribution in [0.2, 0.25) is 0 Å². The highest BCUT2D eigenvalue weighted by Crippen LogP contribution is 2.14. The number of alkyl halides is 1. The summed E-state index contributed by atoms with van der Waals surface area (Å²) in [6.45, 7) is 9.38. The van der Waals surface area contributed by atoms with Gasteiger partial charge in [0.1, 0.15) is 19.0 Å². The molecule has 4 nitrogen and oxygen atoms in total. The van der Waals surface area contributed by atoms with Gasteiger partial charge in [-0.2, -0.15) is 0 Å². The number of nitrogens with zero attached hydrogens (tertiary/aromatic N) is 3. The minimum absolute atomic E-state index is 0.0948. The van der Waals surface area contributed by atoms with Crippen molar-refractivity contribution in [1.29, 1.82) is 0 Å². The van der Waals surface area contributed by atoms with Crippen molar-refractivity contribution >= 4 is 0 Å². The summed E-state index contributed by atoms with van der Waals surface area (Å²) < 4.78 is 17.2. The van der Waals surface area contributed by atoms with Crippen molar-refractivity contribution in [3.8, 4) is 5.75 Å². The molecular formula is C15H24FN3O. The quantitative estimate of drug-likeness (QED) is 0.797. The van der Waals surface area contributed by atoms with Gasteiger partial charge in [0.15, 0.2) is 0 Å². The topological polar surface area (TPSA) is 28.6 Å². The molecule has 0 N–H and O–H groups in total. The van der Waals surface area contributed by atoms with E-state index in [0.29, 0.717) is 11.8 Å². The van der Waals surface area contributed by atoms with Gasteiger partial charge >= 0.3 is 0 Å². The van der Waals surface area contributed by atoms with Crippen molar-refractivity contribution in [2.24, 2.45) is 0 Å². The van der Waals surface area contributed by atoms with Crippen molar-refractivity contribution in [2.45, 2.75) is 26.4 Å². The summed E-state index contributed by atoms with van der Waals surface area (Å²) >= 11 is 0. The van der Waals surface area contributed by atoms with Crippen LogP contribution in [0.25, 0.3) is 0 Å². The van der Waals surface area contributed by atoms with Gasteiger partial charge in [-0.1, -0.05) is 6.92 Å². The summed E-state index contributed by atoms with van der Waals surface area (Å²) in [5.74, 6) is 0.635. The van der Waals surface area contributed by atoms with Crippen LogP contribution in [-0.4, -0.2) is 60.3 Å². The summed E-state index contributed by atoms with van der Waals surface area (Å²) in [5, 5.41) is 0. The second kappa shape index (κ2) is 7.55. The lowest BCUT2D eigenvalue weighted by Gasteiger charge is -2.39. The predicted octanol–water partition coefficient (Wildman–Crippen LogP) is 1.96. The molecule has 2 heterocycles. The minimum Gasteiger partial charge on any atom is -0.489 e. The molecule has 0 saturated carbocycles. The average molecular weight is 281 g/mol. The third-order valence-corrected chi connectivity index (χ3v) is 3.78. The molecule has 2 rings (SSSR count). The molecule has 0 aliphatic carbocycles. The van der Waals surface area contributed by atoms with E-state index in [2.05, 4.69) is 28.6 Å². The second-order valence-electron chi connectivity index (χ2n) is 5.24. The van der Waals surface area contributed by atoms with Gasteiger partial charge in [-0.25, -0.2) is 4.39 Å². The van der Waals surface area contributed by atoms with Gasteiger partial charge in [0.2, 0.25) is 0 Å². The zero-order chi connectivity index (χ0) is 14.4. The number of halogens is 1. The van der Waals surface area contributed by atoms with Crippen LogP contribution in [0.15, 0.2) is 18.3 Å². The molecule has 1 saturated heterocycles. The van der Waals surface area contributed by atoms with Crippen molar-refractivity contribution in [2.75, 3.05) is 39.5 Å². The van der Waals surface area contributed by atoms with E-state index in [1.807, 2.05) is 12.1 Å². The van der Waals surface area contributed by atoms with E-state index in [1.54, 1.807) is 6.20 Å². The maximum absolute atomic E-state index is 12.0. The Morgan fingerprint density at radius 3 is 2.85 bits per heavy atom. The first-order valence-electron chi connectivity index (χ1n) is 7.33. The SMILES string of the molecule is CCN1CCN(Cc2ccc(OCCF)cn2)C[C@H]1C. The molecule has 0 radical (unpaired) electrons. The number of piperazine rings is 1. The Kier molecular flexibility index (Phi) is 5.73. The third-order valence-electron chi connectivity index (χ3n) is 3.78. The molecule has 5 heteroatoms. The van der Waals surface area contributed by atoms with Gasteiger partial charge in [0.05, 0.1) is 11.9 Å². The molecule has 0 unspecified atom stereocenters. The van der Waals surface area contributed by atoms with Crippen LogP contribution in [0.3, 0.4) is 0 Å². The number of hydrogen-bond donors (Lipinski definition) is 0. The van der Waals surface area contributed by atoms with Crippen molar-refractivity contribution in [3.05, 3.63) is 24.0 Å². The van der Waals surface area contributed by atoms with Crippen LogP contribution in [0, 0.1) is 0 Å². The average Bonchev–Trinajstić information content (AvgIpc) is 2.47. The number of rotatable bonds is 6. The molecule has 0 spiro atoms. The van der Waals surface area contributed by atoms with Gasteiger partial charge in [-0.15, -0.1) is 0 Å². The lowest BCUT2D eigenvalue weighted by Crippen LogP contribution is -2.51. The highest BCUT2D eigenvalue weighted by atomic mass is 19.1. The molecular weight excluding hydrogens is 257 g/mol. The fourth-order valence-electron chi connectivity index (χ4n) is 2.66. The molecule has 0 aromatic carbocycles. The van der Waals surface area contributed by atoms with Crippen molar-refractivity contribution in [1.82, 2.24) is 14.8 Å². The lowest BCUT2D eigenvalue weighted by molar-refractivity contribution is 0.0826. The van der Waals surface area contributed by atoms with Gasteiger partial charge in [-0.3, -0.25) is 14.8 Å². The number of ether oxygens (including phenoxy) is 1. The Bertz CT molecular complexity index is 399. The minimum atomic E-state index is -0.471. The van der Waals surface area contributed by atoms with Crippen molar-refractivity contribution < 1.29 is 9.13 Å². The Morgan fingerprint density at radius 2 is 2.25 bits per heavy atom. The summed E-state index contributed by atoms with van der Waals surface area (Å²) in [7, 11) is 0. The Labute approximate surface area is 120 Å². The van der Waals surface area contributed by atoms with Crippen LogP contribution in [0.1, 0.15) is 19.5 Å². The van der Waals surface area contributed by atoms with Crippen LogP contribution >= 0.6 is 0 Å². The number of aromatic nitrogens is 1. The van der Waals surface area contributed by atoms with E-state index >= 15 is 0 Å². The first-order valence-corrected chi connectivity index (χ1v) is 7.33. The number of likely N-dealkylation sites (N-methyl/N-ethyl adjacent to an activating group) is 1. The first-order chi connectivity index (χ1) is 9.72. The zero-order valence-electron chi connectivity index (χ0n) is 12.4. The van der Waals surface area contributed by atoms with E-state index in [1.165, 1.54) is 0 Å². The highest BCUT2D eigenvalue weighted by Gasteiger charge is 2.22. The molecule has 1 aliphatic rings. The normalized spacial score (nSPS) is 21.1. The molecule has 1 fully saturated rings.